The molecule has 0 spiro atoms. The Morgan fingerprint density at radius 2 is 1.79 bits per heavy atom. The number of halogens is 2. The predicted molar refractivity (Wildman–Crippen MR) is 109 cm³/mol. The minimum absolute atomic E-state index is 0.111. The molecular weight excluding hydrogens is 417 g/mol. The van der Waals surface area contributed by atoms with Crippen LogP contribution in [0, 0.1) is 12.7 Å². The summed E-state index contributed by atoms with van der Waals surface area (Å²) in [4.78, 5) is 12.1. The molecular formula is C20H19ClFN3O3S. The van der Waals surface area contributed by atoms with Crippen LogP contribution in [0.2, 0.25) is 5.15 Å². The van der Waals surface area contributed by atoms with E-state index in [0.29, 0.717) is 22.5 Å². The summed E-state index contributed by atoms with van der Waals surface area (Å²) in [6, 6.07) is 14.7. The van der Waals surface area contributed by atoms with Gasteiger partial charge in [-0.3, -0.25) is 4.79 Å². The molecule has 29 heavy (non-hydrogen) atoms. The predicted octanol–water partition coefficient (Wildman–Crippen LogP) is 3.20. The molecule has 1 heterocycles. The van der Waals surface area contributed by atoms with Gasteiger partial charge in [0.15, 0.2) is 9.84 Å². The quantitative estimate of drug-likeness (QED) is 0.618. The number of carbonyl (C=O) groups excluding carboxylic acids is 1. The van der Waals surface area contributed by atoms with Crippen LogP contribution in [0.1, 0.15) is 16.8 Å². The SMILES string of the molecule is Cc1nn(-c2ccccc2)c(Cl)c1CS(=O)(=O)CC(=O)NCc1ccc(F)cc1. The molecule has 0 saturated carbocycles. The van der Waals surface area contributed by atoms with Crippen LogP contribution in [0.25, 0.3) is 5.69 Å². The van der Waals surface area contributed by atoms with Crippen LogP contribution in [0.3, 0.4) is 0 Å². The zero-order valence-corrected chi connectivity index (χ0v) is 17.2. The summed E-state index contributed by atoms with van der Waals surface area (Å²) in [6.07, 6.45) is 0. The van der Waals surface area contributed by atoms with E-state index in [2.05, 4.69) is 10.4 Å². The fourth-order valence-corrected chi connectivity index (χ4v) is 4.57. The standard InChI is InChI=1S/C20H19ClFN3O3S/c1-14-18(20(21)25(24-14)17-5-3-2-4-6-17)12-29(27,28)13-19(26)23-11-15-7-9-16(22)10-8-15/h2-10H,11-13H2,1H3,(H,23,26). The summed E-state index contributed by atoms with van der Waals surface area (Å²) in [6.45, 7) is 1.78. The second-order valence-electron chi connectivity index (χ2n) is 6.54. The average Bonchev–Trinajstić information content (AvgIpc) is 2.96. The van der Waals surface area contributed by atoms with Crippen molar-refractivity contribution in [3.63, 3.8) is 0 Å². The maximum absolute atomic E-state index is 12.9. The lowest BCUT2D eigenvalue weighted by Gasteiger charge is -2.07. The lowest BCUT2D eigenvalue weighted by atomic mass is 10.2. The van der Waals surface area contributed by atoms with Crippen molar-refractivity contribution in [3.05, 3.63) is 82.4 Å². The molecule has 0 saturated heterocycles. The van der Waals surface area contributed by atoms with E-state index in [0.717, 1.165) is 0 Å². The number of carbonyl (C=O) groups is 1. The van der Waals surface area contributed by atoms with Crippen molar-refractivity contribution in [1.82, 2.24) is 15.1 Å². The van der Waals surface area contributed by atoms with E-state index in [1.807, 2.05) is 18.2 Å². The van der Waals surface area contributed by atoms with Gasteiger partial charge in [0.2, 0.25) is 5.91 Å². The number of rotatable bonds is 7. The van der Waals surface area contributed by atoms with Gasteiger partial charge in [-0.05, 0) is 36.8 Å². The van der Waals surface area contributed by atoms with Gasteiger partial charge in [0.05, 0.1) is 17.1 Å². The van der Waals surface area contributed by atoms with Crippen molar-refractivity contribution in [2.75, 3.05) is 5.75 Å². The van der Waals surface area contributed by atoms with Crippen molar-refractivity contribution >= 4 is 27.3 Å². The monoisotopic (exact) mass is 435 g/mol. The van der Waals surface area contributed by atoms with Crippen LogP contribution < -0.4 is 5.32 Å². The second kappa shape index (κ2) is 8.75. The third kappa shape index (κ3) is 5.42. The lowest BCUT2D eigenvalue weighted by Crippen LogP contribution is -2.30. The number of hydrogen-bond donors (Lipinski definition) is 1. The van der Waals surface area contributed by atoms with E-state index in [-0.39, 0.29) is 17.5 Å². The summed E-state index contributed by atoms with van der Waals surface area (Å²) >= 11 is 6.37. The molecule has 1 aromatic heterocycles. The summed E-state index contributed by atoms with van der Waals surface area (Å²) in [5.74, 6) is -2.10. The number of benzene rings is 2. The molecule has 3 aromatic rings. The highest BCUT2D eigenvalue weighted by molar-refractivity contribution is 7.91. The first-order valence-electron chi connectivity index (χ1n) is 8.76. The molecule has 1 amide bonds. The molecule has 2 aromatic carbocycles. The van der Waals surface area contributed by atoms with Gasteiger partial charge in [0.1, 0.15) is 16.7 Å². The minimum atomic E-state index is -3.77. The zero-order chi connectivity index (χ0) is 21.0. The van der Waals surface area contributed by atoms with E-state index < -0.39 is 27.3 Å². The number of aryl methyl sites for hydroxylation is 1. The summed E-state index contributed by atoms with van der Waals surface area (Å²) < 4.78 is 39.4. The van der Waals surface area contributed by atoms with Crippen molar-refractivity contribution in [2.24, 2.45) is 0 Å². The van der Waals surface area contributed by atoms with Crippen LogP contribution in [0.15, 0.2) is 54.6 Å². The Morgan fingerprint density at radius 1 is 1.14 bits per heavy atom. The van der Waals surface area contributed by atoms with Crippen LogP contribution in [-0.2, 0) is 26.9 Å². The van der Waals surface area contributed by atoms with Gasteiger partial charge >= 0.3 is 0 Å². The van der Waals surface area contributed by atoms with Crippen molar-refractivity contribution < 1.29 is 17.6 Å². The average molecular weight is 436 g/mol. The highest BCUT2D eigenvalue weighted by Gasteiger charge is 2.23. The molecule has 0 aliphatic rings. The Labute approximate surface area is 173 Å². The number of para-hydroxylation sites is 1. The number of hydrogen-bond acceptors (Lipinski definition) is 4. The Hall–Kier alpha value is -2.71. The largest absolute Gasteiger partial charge is 0.351 e. The van der Waals surface area contributed by atoms with Crippen molar-refractivity contribution in [3.8, 4) is 5.69 Å². The third-order valence-electron chi connectivity index (χ3n) is 4.24. The van der Waals surface area contributed by atoms with Crippen LogP contribution >= 0.6 is 11.6 Å². The lowest BCUT2D eigenvalue weighted by molar-refractivity contribution is -0.118. The molecule has 0 atom stereocenters. The highest BCUT2D eigenvalue weighted by atomic mass is 35.5. The first-order valence-corrected chi connectivity index (χ1v) is 11.0. The van der Waals surface area contributed by atoms with E-state index in [1.165, 1.54) is 28.9 Å². The molecule has 0 aliphatic carbocycles. The number of aromatic nitrogens is 2. The number of amides is 1. The van der Waals surface area contributed by atoms with E-state index in [1.54, 1.807) is 19.1 Å². The first kappa shape index (κ1) is 21.0. The molecule has 0 aliphatic heterocycles. The zero-order valence-electron chi connectivity index (χ0n) is 15.6. The fourth-order valence-electron chi connectivity index (χ4n) is 2.76. The first-order chi connectivity index (χ1) is 13.7. The summed E-state index contributed by atoms with van der Waals surface area (Å²) in [7, 11) is -3.77. The molecule has 1 N–H and O–H groups in total. The molecule has 0 bridgehead atoms. The number of nitrogens with zero attached hydrogens (tertiary/aromatic N) is 2. The van der Waals surface area contributed by atoms with Crippen LogP contribution in [-0.4, -0.2) is 29.9 Å². The Morgan fingerprint density at radius 3 is 2.45 bits per heavy atom. The smallest absolute Gasteiger partial charge is 0.235 e. The number of nitrogens with one attached hydrogen (secondary N) is 1. The van der Waals surface area contributed by atoms with E-state index in [9.17, 15) is 17.6 Å². The Bertz CT molecular complexity index is 1110. The summed E-state index contributed by atoms with van der Waals surface area (Å²) in [5.41, 5.74) is 2.22. The van der Waals surface area contributed by atoms with E-state index in [4.69, 9.17) is 11.6 Å². The highest BCUT2D eigenvalue weighted by Crippen LogP contribution is 2.25. The van der Waals surface area contributed by atoms with Gasteiger partial charge in [-0.25, -0.2) is 17.5 Å². The van der Waals surface area contributed by atoms with Gasteiger partial charge in [-0.15, -0.1) is 0 Å². The molecule has 3 rings (SSSR count). The van der Waals surface area contributed by atoms with Gasteiger partial charge < -0.3 is 5.32 Å². The molecule has 6 nitrogen and oxygen atoms in total. The summed E-state index contributed by atoms with van der Waals surface area (Å²) in [5, 5.41) is 7.04. The molecule has 0 radical (unpaired) electrons. The maximum atomic E-state index is 12.9. The Kier molecular flexibility index (Phi) is 6.34. The van der Waals surface area contributed by atoms with Gasteiger partial charge in [0.25, 0.3) is 0 Å². The third-order valence-corrected chi connectivity index (χ3v) is 6.06. The van der Waals surface area contributed by atoms with Gasteiger partial charge in [-0.1, -0.05) is 41.9 Å². The maximum Gasteiger partial charge on any atom is 0.235 e. The Balaban J connectivity index is 1.67. The van der Waals surface area contributed by atoms with Gasteiger partial charge in [-0.2, -0.15) is 5.10 Å². The van der Waals surface area contributed by atoms with E-state index >= 15 is 0 Å². The fraction of sp³-hybridized carbons (Fsp3) is 0.200. The molecule has 0 fully saturated rings. The molecule has 0 unspecified atom stereocenters. The van der Waals surface area contributed by atoms with Crippen LogP contribution in [0.4, 0.5) is 4.39 Å². The topological polar surface area (TPSA) is 81.1 Å². The van der Waals surface area contributed by atoms with Crippen molar-refractivity contribution in [2.45, 2.75) is 19.2 Å². The van der Waals surface area contributed by atoms with Crippen molar-refractivity contribution in [1.29, 1.82) is 0 Å². The van der Waals surface area contributed by atoms with Gasteiger partial charge in [0, 0.05) is 12.1 Å². The number of sulfone groups is 1. The minimum Gasteiger partial charge on any atom is -0.351 e. The molecule has 152 valence electrons. The second-order valence-corrected chi connectivity index (χ2v) is 8.96. The van der Waals surface area contributed by atoms with Crippen LogP contribution in [0.5, 0.6) is 0 Å². The molecule has 9 heteroatoms. The normalized spacial score (nSPS) is 11.4.